The molecule has 0 bridgehead atoms. The molecule has 5 rings (SSSR count). The molecule has 32 heavy (non-hydrogen) atoms. The van der Waals surface area contributed by atoms with Gasteiger partial charge < -0.3 is 24.9 Å². The number of thiophene rings is 1. The van der Waals surface area contributed by atoms with Gasteiger partial charge in [0.25, 0.3) is 5.91 Å². The van der Waals surface area contributed by atoms with Crippen LogP contribution in [0.25, 0.3) is 11.4 Å². The van der Waals surface area contributed by atoms with Crippen LogP contribution in [0.3, 0.4) is 0 Å². The highest BCUT2D eigenvalue weighted by Crippen LogP contribution is 2.32. The minimum Gasteiger partial charge on any atom is -0.377 e. The number of likely N-dealkylation sites (tertiary alicyclic amines) is 1. The van der Waals surface area contributed by atoms with Crippen molar-refractivity contribution >= 4 is 40.7 Å². The third kappa shape index (κ3) is 4.15. The summed E-state index contributed by atoms with van der Waals surface area (Å²) in [5, 5.41) is 17.6. The van der Waals surface area contributed by atoms with Gasteiger partial charge in [-0.1, -0.05) is 28.9 Å². The van der Waals surface area contributed by atoms with Crippen LogP contribution < -0.4 is 5.32 Å². The van der Waals surface area contributed by atoms with Gasteiger partial charge in [0.05, 0.1) is 24.3 Å². The summed E-state index contributed by atoms with van der Waals surface area (Å²) < 4.78 is 10.8. The van der Waals surface area contributed by atoms with Gasteiger partial charge in [-0.2, -0.15) is 4.98 Å². The predicted molar refractivity (Wildman–Crippen MR) is 123 cm³/mol. The first kappa shape index (κ1) is 21.1. The Morgan fingerprint density at radius 2 is 2.09 bits per heavy atom. The predicted octanol–water partition coefficient (Wildman–Crippen LogP) is 4.28. The number of hydrogen-bond acceptors (Lipinski definition) is 8. The molecule has 2 aromatic heterocycles. The second-order valence-electron chi connectivity index (χ2n) is 7.95. The standard InChI is InChI=1S/C22H22ClN5O3S/c23-17-5-8-32-19(17)22(29)28-6-3-13(4-7-28)21-26-20(27-31-21)14-1-2-15(10-24)18(9-14)25-16-11-30-12-16/h1-2,5,8-10,13,16,24-25H,3-4,6-7,11-12H2. The lowest BCUT2D eigenvalue weighted by Crippen LogP contribution is -2.40. The number of aromatic nitrogens is 2. The van der Waals surface area contributed by atoms with Gasteiger partial charge in [-0.25, -0.2) is 0 Å². The molecule has 8 nitrogen and oxygen atoms in total. The number of rotatable bonds is 6. The first-order chi connectivity index (χ1) is 15.6. The van der Waals surface area contributed by atoms with E-state index >= 15 is 0 Å². The molecule has 1 amide bonds. The SMILES string of the molecule is N=Cc1ccc(-c2noc(C3CCN(C(=O)c4sccc4Cl)CC3)n2)cc1NC1COC1. The molecule has 2 fully saturated rings. The second-order valence-corrected chi connectivity index (χ2v) is 9.27. The van der Waals surface area contributed by atoms with Crippen molar-refractivity contribution in [2.24, 2.45) is 0 Å². The second kappa shape index (κ2) is 9.01. The molecule has 2 N–H and O–H groups in total. The van der Waals surface area contributed by atoms with E-state index in [1.807, 2.05) is 28.5 Å². The molecule has 0 aliphatic carbocycles. The van der Waals surface area contributed by atoms with Crippen LogP contribution in [0.15, 0.2) is 34.2 Å². The van der Waals surface area contributed by atoms with Crippen molar-refractivity contribution in [3.8, 4) is 11.4 Å². The van der Waals surface area contributed by atoms with Crippen LogP contribution in [0.5, 0.6) is 0 Å². The van der Waals surface area contributed by atoms with Crippen molar-refractivity contribution in [3.63, 3.8) is 0 Å². The Morgan fingerprint density at radius 1 is 1.28 bits per heavy atom. The van der Waals surface area contributed by atoms with Crippen molar-refractivity contribution in [2.75, 3.05) is 31.6 Å². The molecular formula is C22H22ClN5O3S. The number of nitrogens with one attached hydrogen (secondary N) is 2. The summed E-state index contributed by atoms with van der Waals surface area (Å²) in [4.78, 5) is 19.7. The zero-order chi connectivity index (χ0) is 22.1. The van der Waals surface area contributed by atoms with Crippen molar-refractivity contribution in [2.45, 2.75) is 24.8 Å². The van der Waals surface area contributed by atoms with Crippen molar-refractivity contribution in [1.29, 1.82) is 5.41 Å². The number of hydrogen-bond donors (Lipinski definition) is 2. The van der Waals surface area contributed by atoms with E-state index in [1.165, 1.54) is 17.6 Å². The lowest BCUT2D eigenvalue weighted by Gasteiger charge is -2.30. The molecule has 3 aromatic rings. The zero-order valence-electron chi connectivity index (χ0n) is 17.2. The van der Waals surface area contributed by atoms with Crippen LogP contribution in [0, 0.1) is 5.41 Å². The number of piperidine rings is 1. The van der Waals surface area contributed by atoms with Gasteiger partial charge in [-0.05, 0) is 30.4 Å². The molecule has 166 valence electrons. The van der Waals surface area contributed by atoms with Crippen LogP contribution in [0.2, 0.25) is 5.02 Å². The summed E-state index contributed by atoms with van der Waals surface area (Å²) >= 11 is 7.49. The van der Waals surface area contributed by atoms with E-state index in [2.05, 4.69) is 15.5 Å². The van der Waals surface area contributed by atoms with Crippen LogP contribution >= 0.6 is 22.9 Å². The van der Waals surface area contributed by atoms with E-state index in [1.54, 1.807) is 6.07 Å². The van der Waals surface area contributed by atoms with Gasteiger partial charge >= 0.3 is 0 Å². The van der Waals surface area contributed by atoms with Gasteiger partial charge in [0.15, 0.2) is 0 Å². The Hall–Kier alpha value is -2.75. The summed E-state index contributed by atoms with van der Waals surface area (Å²) in [7, 11) is 0. The normalized spacial score (nSPS) is 17.2. The molecule has 2 saturated heterocycles. The minimum absolute atomic E-state index is 0.0159. The van der Waals surface area contributed by atoms with E-state index < -0.39 is 0 Å². The molecular weight excluding hydrogens is 450 g/mol. The van der Waals surface area contributed by atoms with Gasteiger partial charge in [0.2, 0.25) is 11.7 Å². The topological polar surface area (TPSA) is 104 Å². The first-order valence-corrected chi connectivity index (χ1v) is 11.7. The average molecular weight is 472 g/mol. The Kier molecular flexibility index (Phi) is 5.95. The van der Waals surface area contributed by atoms with Crippen LogP contribution in [0.1, 0.15) is 39.9 Å². The van der Waals surface area contributed by atoms with Crippen molar-refractivity contribution in [1.82, 2.24) is 15.0 Å². The molecule has 0 unspecified atom stereocenters. The van der Waals surface area contributed by atoms with Crippen LogP contribution in [-0.4, -0.2) is 59.5 Å². The molecule has 1 aromatic carbocycles. The number of carbonyl (C=O) groups is 1. The summed E-state index contributed by atoms with van der Waals surface area (Å²) in [6.07, 6.45) is 2.85. The molecule has 2 aliphatic heterocycles. The fourth-order valence-corrected chi connectivity index (χ4v) is 5.03. The summed E-state index contributed by atoms with van der Waals surface area (Å²) in [5.41, 5.74) is 2.48. The quantitative estimate of drug-likeness (QED) is 0.520. The van der Waals surface area contributed by atoms with Crippen LogP contribution in [-0.2, 0) is 4.74 Å². The third-order valence-electron chi connectivity index (χ3n) is 5.85. The molecule has 0 radical (unpaired) electrons. The minimum atomic E-state index is -0.0159. The highest BCUT2D eigenvalue weighted by Gasteiger charge is 2.29. The van der Waals surface area contributed by atoms with Gasteiger partial charge in [0, 0.05) is 42.0 Å². The monoisotopic (exact) mass is 471 g/mol. The van der Waals surface area contributed by atoms with E-state index in [0.717, 1.165) is 29.7 Å². The number of carbonyl (C=O) groups excluding carboxylic acids is 1. The number of amides is 1. The molecule has 2 aliphatic rings. The van der Waals surface area contributed by atoms with E-state index in [0.29, 0.717) is 47.9 Å². The van der Waals surface area contributed by atoms with Gasteiger partial charge in [0.1, 0.15) is 4.88 Å². The Labute approximate surface area is 194 Å². The summed E-state index contributed by atoms with van der Waals surface area (Å²) in [5.74, 6) is 1.22. The Balaban J connectivity index is 1.26. The van der Waals surface area contributed by atoms with Gasteiger partial charge in [-0.15, -0.1) is 11.3 Å². The van der Waals surface area contributed by atoms with Crippen molar-refractivity contribution < 1.29 is 14.1 Å². The molecule has 0 saturated carbocycles. The average Bonchev–Trinajstić information content (AvgIpc) is 3.45. The number of benzene rings is 1. The number of ether oxygens (including phenoxy) is 1. The number of anilines is 1. The number of nitrogens with zero attached hydrogens (tertiary/aromatic N) is 3. The maximum atomic E-state index is 12.7. The van der Waals surface area contributed by atoms with Gasteiger partial charge in [-0.3, -0.25) is 4.79 Å². The first-order valence-electron chi connectivity index (χ1n) is 10.5. The van der Waals surface area contributed by atoms with Crippen LogP contribution in [0.4, 0.5) is 5.69 Å². The molecule has 10 heteroatoms. The lowest BCUT2D eigenvalue weighted by atomic mass is 9.96. The van der Waals surface area contributed by atoms with E-state index in [4.69, 9.17) is 26.3 Å². The van der Waals surface area contributed by atoms with Crippen molar-refractivity contribution in [3.05, 3.63) is 51.0 Å². The molecule has 0 atom stereocenters. The maximum absolute atomic E-state index is 12.7. The number of halogens is 1. The third-order valence-corrected chi connectivity index (χ3v) is 7.18. The highest BCUT2D eigenvalue weighted by molar-refractivity contribution is 7.12. The summed E-state index contributed by atoms with van der Waals surface area (Å²) in [6.45, 7) is 2.57. The smallest absolute Gasteiger partial charge is 0.265 e. The molecule has 4 heterocycles. The summed E-state index contributed by atoms with van der Waals surface area (Å²) in [6, 6.07) is 7.71. The van der Waals surface area contributed by atoms with E-state index in [-0.39, 0.29) is 17.9 Å². The lowest BCUT2D eigenvalue weighted by molar-refractivity contribution is 0.0211. The van der Waals surface area contributed by atoms with E-state index in [9.17, 15) is 4.79 Å². The highest BCUT2D eigenvalue weighted by atomic mass is 35.5. The maximum Gasteiger partial charge on any atom is 0.265 e. The fourth-order valence-electron chi connectivity index (χ4n) is 3.92. The molecule has 0 spiro atoms. The Bertz CT molecular complexity index is 1130. The fraction of sp³-hybridized carbons (Fsp3) is 0.364. The largest absolute Gasteiger partial charge is 0.377 e. The Morgan fingerprint density at radius 3 is 2.75 bits per heavy atom. The zero-order valence-corrected chi connectivity index (χ0v) is 18.8.